The smallest absolute Gasteiger partial charge is 0.312 e. The maximum atomic E-state index is 13.4. The average Bonchev–Trinajstić information content (AvgIpc) is 3.11. The van der Waals surface area contributed by atoms with E-state index in [1.807, 2.05) is 92.7 Å². The Bertz CT molecular complexity index is 1990. The first kappa shape index (κ1) is 36.4. The molecule has 0 amide bonds. The Hall–Kier alpha value is -4.88. The molecule has 50 heavy (non-hydrogen) atoms. The zero-order valence-corrected chi connectivity index (χ0v) is 30.7. The minimum atomic E-state index is -3.76. The fourth-order valence-electron chi connectivity index (χ4n) is 5.83. The summed E-state index contributed by atoms with van der Waals surface area (Å²) in [6.45, 7) is 14.7. The summed E-state index contributed by atoms with van der Waals surface area (Å²) < 4.78 is 44.6. The highest BCUT2D eigenvalue weighted by atomic mass is 32.2. The maximum Gasteiger partial charge on any atom is 0.312 e. The standard InChI is InChI=1S/C43H46O6S/c1-8-43(7,42(5,6)40(44)47-30-31-12-10-9-11-13-31)33-16-20-35(21-17-33)49-37-24-28-39(29-25-37)50(45,46)38-26-22-36(23-27-38)48-34-18-14-32(15-19-34)41(2,3)4/h9-29H,8,30H2,1-7H3. The Morgan fingerprint density at radius 1 is 0.560 bits per heavy atom. The second-order valence-corrected chi connectivity index (χ2v) is 16.3. The van der Waals surface area contributed by atoms with Crippen LogP contribution < -0.4 is 9.47 Å². The Morgan fingerprint density at radius 2 is 0.960 bits per heavy atom. The minimum Gasteiger partial charge on any atom is -0.460 e. The van der Waals surface area contributed by atoms with Crippen molar-refractivity contribution in [2.24, 2.45) is 5.41 Å². The molecule has 0 aromatic heterocycles. The van der Waals surface area contributed by atoms with Crippen molar-refractivity contribution in [3.8, 4) is 23.0 Å². The quantitative estimate of drug-likeness (QED) is 0.121. The Kier molecular flexibility index (Phi) is 10.6. The number of esters is 1. The van der Waals surface area contributed by atoms with Gasteiger partial charge in [-0.2, -0.15) is 0 Å². The molecule has 6 nitrogen and oxygen atoms in total. The van der Waals surface area contributed by atoms with Gasteiger partial charge in [-0.1, -0.05) is 89.2 Å². The topological polar surface area (TPSA) is 78.9 Å². The first-order valence-electron chi connectivity index (χ1n) is 16.9. The van der Waals surface area contributed by atoms with Gasteiger partial charge in [0.05, 0.1) is 15.2 Å². The van der Waals surface area contributed by atoms with Crippen LogP contribution in [-0.2, 0) is 36.8 Å². The molecule has 5 aromatic carbocycles. The molecule has 260 valence electrons. The van der Waals surface area contributed by atoms with Crippen LogP contribution in [0.3, 0.4) is 0 Å². The van der Waals surface area contributed by atoms with Crippen molar-refractivity contribution < 1.29 is 27.4 Å². The van der Waals surface area contributed by atoms with Crippen LogP contribution in [0.5, 0.6) is 23.0 Å². The lowest BCUT2D eigenvalue weighted by Gasteiger charge is -2.42. The molecular formula is C43H46O6S. The SMILES string of the molecule is CCC(C)(c1ccc(Oc2ccc(S(=O)(=O)c3ccc(Oc4ccc(C(C)(C)C)cc4)cc3)cc2)cc1)C(C)(C)C(=O)OCc1ccccc1. The molecule has 0 spiro atoms. The fraction of sp³-hybridized carbons (Fsp3) is 0.279. The van der Waals surface area contributed by atoms with E-state index in [2.05, 4.69) is 34.6 Å². The lowest BCUT2D eigenvalue weighted by Crippen LogP contribution is -2.45. The Balaban J connectivity index is 1.22. The highest BCUT2D eigenvalue weighted by Gasteiger charge is 2.47. The van der Waals surface area contributed by atoms with Gasteiger partial charge in [0.2, 0.25) is 9.84 Å². The summed E-state index contributed by atoms with van der Waals surface area (Å²) in [7, 11) is -3.76. The third-order valence-corrected chi connectivity index (χ3v) is 11.5. The van der Waals surface area contributed by atoms with E-state index in [9.17, 15) is 13.2 Å². The van der Waals surface area contributed by atoms with Gasteiger partial charge in [0.15, 0.2) is 0 Å². The largest absolute Gasteiger partial charge is 0.460 e. The van der Waals surface area contributed by atoms with Crippen LogP contribution in [0.4, 0.5) is 0 Å². The summed E-state index contributed by atoms with van der Waals surface area (Å²) in [4.78, 5) is 13.7. The van der Waals surface area contributed by atoms with Gasteiger partial charge in [-0.05, 0) is 115 Å². The molecule has 5 rings (SSSR count). The summed E-state index contributed by atoms with van der Waals surface area (Å²) in [5, 5.41) is 0. The molecule has 1 unspecified atom stereocenters. The van der Waals surface area contributed by atoms with Gasteiger partial charge in [0, 0.05) is 5.41 Å². The first-order chi connectivity index (χ1) is 23.6. The molecule has 0 saturated heterocycles. The van der Waals surface area contributed by atoms with Crippen molar-refractivity contribution in [2.45, 2.75) is 82.1 Å². The number of hydrogen-bond donors (Lipinski definition) is 0. The molecule has 0 saturated carbocycles. The van der Waals surface area contributed by atoms with Gasteiger partial charge in [-0.15, -0.1) is 0 Å². The second-order valence-electron chi connectivity index (χ2n) is 14.3. The molecule has 0 fully saturated rings. The molecule has 0 radical (unpaired) electrons. The minimum absolute atomic E-state index is 0.0438. The van der Waals surface area contributed by atoms with Gasteiger partial charge in [-0.3, -0.25) is 4.79 Å². The number of benzene rings is 5. The van der Waals surface area contributed by atoms with Gasteiger partial charge in [0.1, 0.15) is 29.6 Å². The summed E-state index contributed by atoms with van der Waals surface area (Å²) in [5.74, 6) is 2.07. The lowest BCUT2D eigenvalue weighted by atomic mass is 9.61. The Morgan fingerprint density at radius 3 is 1.36 bits per heavy atom. The van der Waals surface area contributed by atoms with Crippen molar-refractivity contribution in [1.29, 1.82) is 0 Å². The molecule has 0 heterocycles. The van der Waals surface area contributed by atoms with E-state index in [1.165, 1.54) is 17.7 Å². The van der Waals surface area contributed by atoms with E-state index >= 15 is 0 Å². The van der Waals surface area contributed by atoms with Crippen molar-refractivity contribution in [1.82, 2.24) is 0 Å². The first-order valence-corrected chi connectivity index (χ1v) is 18.3. The zero-order chi connectivity index (χ0) is 36.2. The van der Waals surface area contributed by atoms with Crippen LogP contribution in [0.25, 0.3) is 0 Å². The zero-order valence-electron chi connectivity index (χ0n) is 29.9. The monoisotopic (exact) mass is 690 g/mol. The normalized spacial score (nSPS) is 13.3. The van der Waals surface area contributed by atoms with Crippen molar-refractivity contribution in [2.75, 3.05) is 0 Å². The third-order valence-electron chi connectivity index (χ3n) is 9.76. The van der Waals surface area contributed by atoms with Crippen LogP contribution in [0.1, 0.15) is 71.6 Å². The van der Waals surface area contributed by atoms with Crippen molar-refractivity contribution in [3.05, 3.63) is 144 Å². The predicted molar refractivity (Wildman–Crippen MR) is 198 cm³/mol. The Labute approximate surface area is 297 Å². The summed E-state index contributed by atoms with van der Waals surface area (Å²) in [5.41, 5.74) is 1.88. The van der Waals surface area contributed by atoms with E-state index in [0.717, 1.165) is 17.5 Å². The second kappa shape index (κ2) is 14.5. The van der Waals surface area contributed by atoms with Gasteiger partial charge >= 0.3 is 5.97 Å². The summed E-state index contributed by atoms with van der Waals surface area (Å²) in [6, 6.07) is 38.0. The van der Waals surface area contributed by atoms with Crippen LogP contribution in [0.2, 0.25) is 0 Å². The van der Waals surface area contributed by atoms with Crippen molar-refractivity contribution >= 4 is 15.8 Å². The number of hydrogen-bond acceptors (Lipinski definition) is 6. The summed E-state index contributed by atoms with van der Waals surface area (Å²) in [6.07, 6.45) is 0.720. The molecule has 0 bridgehead atoms. The highest BCUT2D eigenvalue weighted by molar-refractivity contribution is 7.91. The van der Waals surface area contributed by atoms with Crippen LogP contribution >= 0.6 is 0 Å². The molecule has 1 atom stereocenters. The predicted octanol–water partition coefficient (Wildman–Crippen LogP) is 10.8. The number of sulfone groups is 1. The van der Waals surface area contributed by atoms with Gasteiger partial charge in [-0.25, -0.2) is 8.42 Å². The number of ether oxygens (including phenoxy) is 3. The molecule has 7 heteroatoms. The highest BCUT2D eigenvalue weighted by Crippen LogP contribution is 2.46. The van der Waals surface area contributed by atoms with Crippen LogP contribution in [-0.4, -0.2) is 14.4 Å². The van der Waals surface area contributed by atoms with Gasteiger partial charge < -0.3 is 14.2 Å². The van der Waals surface area contributed by atoms with E-state index in [0.29, 0.717) is 23.0 Å². The van der Waals surface area contributed by atoms with Crippen LogP contribution in [0, 0.1) is 5.41 Å². The van der Waals surface area contributed by atoms with E-state index in [1.54, 1.807) is 36.4 Å². The van der Waals surface area contributed by atoms with E-state index < -0.39 is 20.7 Å². The molecule has 5 aromatic rings. The molecule has 0 aliphatic carbocycles. The molecule has 0 aliphatic rings. The number of carbonyl (C=O) groups is 1. The molecular weight excluding hydrogens is 645 g/mol. The summed E-state index contributed by atoms with van der Waals surface area (Å²) >= 11 is 0. The molecule has 0 aliphatic heterocycles. The third kappa shape index (κ3) is 7.95. The number of carbonyl (C=O) groups excluding carboxylic acids is 1. The van der Waals surface area contributed by atoms with Crippen LogP contribution in [0.15, 0.2) is 137 Å². The maximum absolute atomic E-state index is 13.4. The number of rotatable bonds is 12. The van der Waals surface area contributed by atoms with E-state index in [4.69, 9.17) is 14.2 Å². The molecule has 0 N–H and O–H groups in total. The fourth-order valence-corrected chi connectivity index (χ4v) is 7.09. The lowest BCUT2D eigenvalue weighted by molar-refractivity contribution is -0.159. The van der Waals surface area contributed by atoms with E-state index in [-0.39, 0.29) is 27.8 Å². The average molecular weight is 691 g/mol. The van der Waals surface area contributed by atoms with Crippen molar-refractivity contribution in [3.63, 3.8) is 0 Å². The van der Waals surface area contributed by atoms with Gasteiger partial charge in [0.25, 0.3) is 0 Å².